The number of methoxy groups -OCH3 is 1. The highest BCUT2D eigenvalue weighted by Crippen LogP contribution is 2.35. The largest absolute Gasteiger partial charge is 0.496 e. The maximum atomic E-state index is 14.4. The number of ether oxygens (including phenoxy) is 2. The predicted molar refractivity (Wildman–Crippen MR) is 90.8 cm³/mol. The summed E-state index contributed by atoms with van der Waals surface area (Å²) in [6, 6.07) is 1.87. The van der Waals surface area contributed by atoms with Crippen molar-refractivity contribution in [3.8, 4) is 5.75 Å². The Balaban J connectivity index is 2.58. The number of halogens is 4. The number of hydrogen-bond acceptors (Lipinski definition) is 5. The maximum absolute atomic E-state index is 14.4. The van der Waals surface area contributed by atoms with E-state index in [-0.39, 0.29) is 17.2 Å². The van der Waals surface area contributed by atoms with Gasteiger partial charge in [0.25, 0.3) is 0 Å². The molecule has 0 N–H and O–H groups in total. The summed E-state index contributed by atoms with van der Waals surface area (Å²) in [5.41, 5.74) is -3.43. The lowest BCUT2D eigenvalue weighted by Crippen LogP contribution is -2.25. The molecule has 150 valence electrons. The summed E-state index contributed by atoms with van der Waals surface area (Å²) in [5, 5.41) is 0. The van der Waals surface area contributed by atoms with Gasteiger partial charge in [0, 0.05) is 18.0 Å². The molecule has 0 amide bonds. The number of carbonyl (C=O) groups is 2. The van der Waals surface area contributed by atoms with Gasteiger partial charge < -0.3 is 9.47 Å². The van der Waals surface area contributed by atoms with E-state index in [1.165, 1.54) is 6.20 Å². The first kappa shape index (κ1) is 21.3. The van der Waals surface area contributed by atoms with Crippen LogP contribution >= 0.6 is 0 Å². The van der Waals surface area contributed by atoms with E-state index in [4.69, 9.17) is 9.47 Å². The van der Waals surface area contributed by atoms with Crippen molar-refractivity contribution in [3.63, 3.8) is 0 Å². The fourth-order valence-corrected chi connectivity index (χ4v) is 2.35. The van der Waals surface area contributed by atoms with E-state index in [2.05, 4.69) is 4.98 Å². The fraction of sp³-hybridized carbons (Fsp3) is 0.316. The minimum atomic E-state index is -4.83. The summed E-state index contributed by atoms with van der Waals surface area (Å²) in [6.45, 7) is 4.84. The van der Waals surface area contributed by atoms with Gasteiger partial charge in [0.05, 0.1) is 18.2 Å². The van der Waals surface area contributed by atoms with Crippen LogP contribution in [0.5, 0.6) is 5.75 Å². The van der Waals surface area contributed by atoms with E-state index in [1.807, 2.05) is 0 Å². The Hall–Kier alpha value is -2.97. The lowest BCUT2D eigenvalue weighted by molar-refractivity contribution is -0.137. The molecule has 0 radical (unpaired) electrons. The van der Waals surface area contributed by atoms with Crippen molar-refractivity contribution in [2.75, 3.05) is 7.11 Å². The molecule has 28 heavy (non-hydrogen) atoms. The van der Waals surface area contributed by atoms with Crippen molar-refractivity contribution in [2.24, 2.45) is 0 Å². The van der Waals surface area contributed by atoms with Crippen LogP contribution in [-0.2, 0) is 10.9 Å². The second-order valence-corrected chi connectivity index (χ2v) is 6.79. The van der Waals surface area contributed by atoms with E-state index in [0.29, 0.717) is 6.07 Å². The number of hydrogen-bond donors (Lipinski definition) is 0. The Bertz CT molecular complexity index is 917. The highest BCUT2D eigenvalue weighted by molar-refractivity contribution is 6.15. The molecule has 0 fully saturated rings. The lowest BCUT2D eigenvalue weighted by atomic mass is 9.97. The van der Waals surface area contributed by atoms with Crippen molar-refractivity contribution < 1.29 is 36.6 Å². The number of benzene rings is 1. The summed E-state index contributed by atoms with van der Waals surface area (Å²) in [4.78, 5) is 29.0. The molecule has 0 saturated carbocycles. The van der Waals surface area contributed by atoms with Crippen LogP contribution < -0.4 is 4.74 Å². The van der Waals surface area contributed by atoms with Crippen LogP contribution in [0, 0.1) is 5.82 Å². The molecule has 0 aliphatic carbocycles. The third kappa shape index (κ3) is 4.65. The predicted octanol–water partition coefficient (Wildman–Crippen LogP) is 4.43. The summed E-state index contributed by atoms with van der Waals surface area (Å²) < 4.78 is 63.1. The van der Waals surface area contributed by atoms with Crippen LogP contribution in [0.15, 0.2) is 30.6 Å². The molecule has 5 nitrogen and oxygen atoms in total. The van der Waals surface area contributed by atoms with Crippen molar-refractivity contribution in [3.05, 3.63) is 58.7 Å². The molecule has 0 aliphatic rings. The number of rotatable bonds is 4. The van der Waals surface area contributed by atoms with Crippen LogP contribution in [0.4, 0.5) is 17.6 Å². The second-order valence-electron chi connectivity index (χ2n) is 6.79. The van der Waals surface area contributed by atoms with Gasteiger partial charge in [-0.05, 0) is 39.0 Å². The van der Waals surface area contributed by atoms with E-state index in [1.54, 1.807) is 20.8 Å². The average molecular weight is 399 g/mol. The zero-order chi connectivity index (χ0) is 21.3. The van der Waals surface area contributed by atoms with Gasteiger partial charge in [-0.3, -0.25) is 9.78 Å². The number of ketones is 1. The molecule has 0 spiro atoms. The molecule has 9 heteroatoms. The highest BCUT2D eigenvalue weighted by Gasteiger charge is 2.34. The maximum Gasteiger partial charge on any atom is 0.416 e. The van der Waals surface area contributed by atoms with Crippen LogP contribution in [0.2, 0.25) is 0 Å². The number of pyridine rings is 1. The summed E-state index contributed by atoms with van der Waals surface area (Å²) in [5.74, 6) is -3.95. The van der Waals surface area contributed by atoms with Crippen molar-refractivity contribution >= 4 is 11.8 Å². The van der Waals surface area contributed by atoms with Gasteiger partial charge in [-0.1, -0.05) is 0 Å². The smallest absolute Gasteiger partial charge is 0.416 e. The van der Waals surface area contributed by atoms with Crippen LogP contribution in [0.25, 0.3) is 0 Å². The number of aromatic nitrogens is 1. The second kappa shape index (κ2) is 7.57. The average Bonchev–Trinajstić information content (AvgIpc) is 2.58. The molecule has 0 unspecified atom stereocenters. The SMILES string of the molecule is COc1cc(C(F)(F)F)cc(F)c1C(=O)c1ccncc1C(=O)OC(C)(C)C. The summed E-state index contributed by atoms with van der Waals surface area (Å²) in [7, 11) is 1.01. The molecular formula is C19H17F4NO4. The van der Waals surface area contributed by atoms with E-state index in [9.17, 15) is 27.2 Å². The van der Waals surface area contributed by atoms with Gasteiger partial charge in [-0.15, -0.1) is 0 Å². The molecular weight excluding hydrogens is 382 g/mol. The number of carbonyl (C=O) groups excluding carboxylic acids is 2. The molecule has 1 heterocycles. The van der Waals surface area contributed by atoms with E-state index in [0.717, 1.165) is 19.4 Å². The first-order valence-corrected chi connectivity index (χ1v) is 8.02. The van der Waals surface area contributed by atoms with Crippen molar-refractivity contribution in [1.82, 2.24) is 4.98 Å². The third-order valence-electron chi connectivity index (χ3n) is 3.51. The Kier molecular flexibility index (Phi) is 5.77. The zero-order valence-electron chi connectivity index (χ0n) is 15.5. The monoisotopic (exact) mass is 399 g/mol. The molecule has 1 aromatic heterocycles. The molecule has 2 rings (SSSR count). The molecule has 2 aromatic rings. The number of esters is 1. The van der Waals surface area contributed by atoms with Crippen molar-refractivity contribution in [2.45, 2.75) is 32.5 Å². The van der Waals surface area contributed by atoms with Gasteiger partial charge >= 0.3 is 12.1 Å². The first-order chi connectivity index (χ1) is 12.8. The Morgan fingerprint density at radius 3 is 2.25 bits per heavy atom. The van der Waals surface area contributed by atoms with Crippen molar-refractivity contribution in [1.29, 1.82) is 0 Å². The highest BCUT2D eigenvalue weighted by atomic mass is 19.4. The summed E-state index contributed by atoms with van der Waals surface area (Å²) >= 11 is 0. The Morgan fingerprint density at radius 1 is 1.07 bits per heavy atom. The van der Waals surface area contributed by atoms with Gasteiger partial charge in [-0.25, -0.2) is 9.18 Å². The van der Waals surface area contributed by atoms with Gasteiger partial charge in [0.1, 0.15) is 22.7 Å². The third-order valence-corrected chi connectivity index (χ3v) is 3.51. The van der Waals surface area contributed by atoms with E-state index < -0.39 is 46.2 Å². The minimum Gasteiger partial charge on any atom is -0.496 e. The Labute approximate surface area is 158 Å². The normalized spacial score (nSPS) is 11.9. The van der Waals surface area contributed by atoms with Crippen LogP contribution in [0.3, 0.4) is 0 Å². The minimum absolute atomic E-state index is 0.199. The quantitative estimate of drug-likeness (QED) is 0.432. The van der Waals surface area contributed by atoms with Gasteiger partial charge in [-0.2, -0.15) is 13.2 Å². The molecule has 0 aliphatic heterocycles. The van der Waals surface area contributed by atoms with E-state index >= 15 is 0 Å². The molecule has 0 bridgehead atoms. The summed E-state index contributed by atoms with van der Waals surface area (Å²) in [6.07, 6.45) is -2.57. The van der Waals surface area contributed by atoms with Gasteiger partial charge in [0.2, 0.25) is 5.78 Å². The zero-order valence-corrected chi connectivity index (χ0v) is 15.5. The lowest BCUT2D eigenvalue weighted by Gasteiger charge is -2.20. The van der Waals surface area contributed by atoms with Gasteiger partial charge in [0.15, 0.2) is 0 Å². The fourth-order valence-electron chi connectivity index (χ4n) is 2.35. The number of nitrogens with zero attached hydrogens (tertiary/aromatic N) is 1. The molecule has 0 saturated heterocycles. The number of alkyl halides is 3. The molecule has 1 aromatic carbocycles. The first-order valence-electron chi connectivity index (χ1n) is 8.02. The topological polar surface area (TPSA) is 65.5 Å². The molecule has 0 atom stereocenters. The Morgan fingerprint density at radius 2 is 1.71 bits per heavy atom. The van der Waals surface area contributed by atoms with Crippen LogP contribution in [0.1, 0.15) is 52.6 Å². The standard InChI is InChI=1S/C19H17F4NO4/c1-18(2,3)28-17(26)12-9-24-6-5-11(12)16(25)15-13(20)7-10(19(21,22)23)8-14(15)27-4/h5-9H,1-4H3. The van der Waals surface area contributed by atoms with Crippen LogP contribution in [-0.4, -0.2) is 29.4 Å².